The molecule has 1 aliphatic carbocycles. The first-order valence-electron chi connectivity index (χ1n) is 2.96. The first-order chi connectivity index (χ1) is 4.65. The SMILES string of the molecule is FC(F)C1(F)C=CC=CC1. The lowest BCUT2D eigenvalue weighted by Gasteiger charge is -2.20. The maximum Gasteiger partial charge on any atom is 0.275 e. The van der Waals surface area contributed by atoms with E-state index in [4.69, 9.17) is 0 Å². The number of allylic oxidation sites excluding steroid dienone is 4. The molecule has 0 spiro atoms. The maximum absolute atomic E-state index is 12.8. The molecule has 0 aromatic carbocycles. The summed E-state index contributed by atoms with van der Waals surface area (Å²) in [6.45, 7) is 0. The van der Waals surface area contributed by atoms with Crippen molar-refractivity contribution in [2.75, 3.05) is 0 Å². The number of alkyl halides is 3. The molecular formula is C7H7F3. The first kappa shape index (κ1) is 7.38. The lowest BCUT2D eigenvalue weighted by Crippen LogP contribution is -2.29. The van der Waals surface area contributed by atoms with Crippen molar-refractivity contribution in [2.24, 2.45) is 0 Å². The fraction of sp³-hybridized carbons (Fsp3) is 0.429. The molecule has 0 aliphatic heterocycles. The molecule has 1 aliphatic rings. The quantitative estimate of drug-likeness (QED) is 0.535. The van der Waals surface area contributed by atoms with Crippen LogP contribution in [0.5, 0.6) is 0 Å². The molecule has 1 unspecified atom stereocenters. The molecule has 0 radical (unpaired) electrons. The van der Waals surface area contributed by atoms with Crippen molar-refractivity contribution in [3.05, 3.63) is 24.3 Å². The molecule has 0 N–H and O–H groups in total. The highest BCUT2D eigenvalue weighted by molar-refractivity contribution is 5.19. The highest BCUT2D eigenvalue weighted by atomic mass is 19.3. The van der Waals surface area contributed by atoms with E-state index in [9.17, 15) is 13.2 Å². The standard InChI is InChI=1S/C7H7F3/c8-6(9)7(10)4-2-1-3-5-7/h1-4,6H,5H2. The molecule has 10 heavy (non-hydrogen) atoms. The highest BCUT2D eigenvalue weighted by Gasteiger charge is 2.36. The highest BCUT2D eigenvalue weighted by Crippen LogP contribution is 2.29. The predicted octanol–water partition coefficient (Wildman–Crippen LogP) is 2.48. The summed E-state index contributed by atoms with van der Waals surface area (Å²) in [5, 5.41) is 0. The van der Waals surface area contributed by atoms with E-state index in [0.717, 1.165) is 6.08 Å². The zero-order valence-electron chi connectivity index (χ0n) is 5.23. The summed E-state index contributed by atoms with van der Waals surface area (Å²) in [5.74, 6) is 0. The molecule has 0 amide bonds. The van der Waals surface area contributed by atoms with Crippen molar-refractivity contribution < 1.29 is 13.2 Å². The van der Waals surface area contributed by atoms with Crippen molar-refractivity contribution in [1.29, 1.82) is 0 Å². The van der Waals surface area contributed by atoms with Crippen LogP contribution in [0.2, 0.25) is 0 Å². The Bertz CT molecular complexity index is 172. The summed E-state index contributed by atoms with van der Waals surface area (Å²) in [7, 11) is 0. The van der Waals surface area contributed by atoms with Crippen LogP contribution in [0.25, 0.3) is 0 Å². The van der Waals surface area contributed by atoms with Crippen LogP contribution in [-0.4, -0.2) is 12.1 Å². The summed E-state index contributed by atoms with van der Waals surface area (Å²) >= 11 is 0. The van der Waals surface area contributed by atoms with E-state index in [0.29, 0.717) is 0 Å². The molecule has 0 fully saturated rings. The molecule has 3 heteroatoms. The van der Waals surface area contributed by atoms with E-state index in [1.165, 1.54) is 12.2 Å². The fourth-order valence-electron chi connectivity index (χ4n) is 0.773. The fourth-order valence-corrected chi connectivity index (χ4v) is 0.773. The van der Waals surface area contributed by atoms with Gasteiger partial charge in [-0.3, -0.25) is 0 Å². The van der Waals surface area contributed by atoms with E-state index in [1.54, 1.807) is 6.08 Å². The lowest BCUT2D eigenvalue weighted by molar-refractivity contribution is -0.000302. The van der Waals surface area contributed by atoms with Gasteiger partial charge in [0.2, 0.25) is 0 Å². The first-order valence-corrected chi connectivity index (χ1v) is 2.96. The van der Waals surface area contributed by atoms with Crippen molar-refractivity contribution in [3.8, 4) is 0 Å². The van der Waals surface area contributed by atoms with Crippen LogP contribution in [0.4, 0.5) is 13.2 Å². The summed E-state index contributed by atoms with van der Waals surface area (Å²) < 4.78 is 36.5. The third-order valence-corrected chi connectivity index (χ3v) is 1.41. The second-order valence-electron chi connectivity index (χ2n) is 2.22. The van der Waals surface area contributed by atoms with Gasteiger partial charge in [0.05, 0.1) is 0 Å². The van der Waals surface area contributed by atoms with Gasteiger partial charge in [0.25, 0.3) is 6.43 Å². The minimum atomic E-state index is -2.92. The number of halogens is 3. The average Bonchev–Trinajstić information content (AvgIpc) is 1.89. The summed E-state index contributed by atoms with van der Waals surface area (Å²) in [4.78, 5) is 0. The van der Waals surface area contributed by atoms with Gasteiger partial charge in [0, 0.05) is 6.42 Å². The number of hydrogen-bond acceptors (Lipinski definition) is 0. The maximum atomic E-state index is 12.8. The Hall–Kier alpha value is -0.730. The molecule has 0 bridgehead atoms. The van der Waals surface area contributed by atoms with Gasteiger partial charge in [0.15, 0.2) is 5.67 Å². The molecule has 0 saturated heterocycles. The third kappa shape index (κ3) is 1.23. The third-order valence-electron chi connectivity index (χ3n) is 1.41. The molecular weight excluding hydrogens is 141 g/mol. The van der Waals surface area contributed by atoms with E-state index in [-0.39, 0.29) is 6.42 Å². The molecule has 0 aromatic rings. The normalized spacial score (nSPS) is 31.6. The molecule has 1 atom stereocenters. The Morgan fingerprint density at radius 1 is 1.30 bits per heavy atom. The van der Waals surface area contributed by atoms with Gasteiger partial charge in [-0.25, -0.2) is 13.2 Å². The van der Waals surface area contributed by atoms with Crippen LogP contribution >= 0.6 is 0 Å². The monoisotopic (exact) mass is 148 g/mol. The molecule has 56 valence electrons. The smallest absolute Gasteiger partial charge is 0.233 e. The lowest BCUT2D eigenvalue weighted by atomic mass is 9.98. The Labute approximate surface area is 57.0 Å². The van der Waals surface area contributed by atoms with E-state index in [2.05, 4.69) is 0 Å². The van der Waals surface area contributed by atoms with Gasteiger partial charge in [-0.15, -0.1) is 0 Å². The second-order valence-corrected chi connectivity index (χ2v) is 2.22. The van der Waals surface area contributed by atoms with Crippen LogP contribution in [0.15, 0.2) is 24.3 Å². The summed E-state index contributed by atoms with van der Waals surface area (Å²) in [6, 6.07) is 0. The number of hydrogen-bond donors (Lipinski definition) is 0. The van der Waals surface area contributed by atoms with Gasteiger partial charge in [-0.1, -0.05) is 18.2 Å². The van der Waals surface area contributed by atoms with Crippen LogP contribution < -0.4 is 0 Å². The largest absolute Gasteiger partial charge is 0.275 e. The minimum absolute atomic E-state index is 0.221. The van der Waals surface area contributed by atoms with Gasteiger partial charge in [0.1, 0.15) is 0 Å². The molecule has 0 aromatic heterocycles. The Kier molecular flexibility index (Phi) is 1.83. The Balaban J connectivity index is 2.70. The van der Waals surface area contributed by atoms with Crippen LogP contribution in [0.3, 0.4) is 0 Å². The van der Waals surface area contributed by atoms with Crippen LogP contribution in [-0.2, 0) is 0 Å². The average molecular weight is 148 g/mol. The molecule has 1 rings (SSSR count). The molecule has 0 heterocycles. The second kappa shape index (κ2) is 2.48. The van der Waals surface area contributed by atoms with Crippen LogP contribution in [0, 0.1) is 0 Å². The van der Waals surface area contributed by atoms with Crippen molar-refractivity contribution in [1.82, 2.24) is 0 Å². The minimum Gasteiger partial charge on any atom is -0.233 e. The Morgan fingerprint density at radius 3 is 2.30 bits per heavy atom. The van der Waals surface area contributed by atoms with E-state index < -0.39 is 12.1 Å². The molecule has 0 saturated carbocycles. The van der Waals surface area contributed by atoms with Crippen LogP contribution in [0.1, 0.15) is 6.42 Å². The van der Waals surface area contributed by atoms with Crippen molar-refractivity contribution in [2.45, 2.75) is 18.5 Å². The topological polar surface area (TPSA) is 0 Å². The summed E-state index contributed by atoms with van der Waals surface area (Å²) in [5.41, 5.74) is -2.42. The zero-order chi connectivity index (χ0) is 7.61. The van der Waals surface area contributed by atoms with Gasteiger partial charge >= 0.3 is 0 Å². The van der Waals surface area contributed by atoms with E-state index >= 15 is 0 Å². The van der Waals surface area contributed by atoms with Gasteiger partial charge in [-0.05, 0) is 6.08 Å². The van der Waals surface area contributed by atoms with Gasteiger partial charge < -0.3 is 0 Å². The predicted molar refractivity (Wildman–Crippen MR) is 32.7 cm³/mol. The van der Waals surface area contributed by atoms with Crippen molar-refractivity contribution >= 4 is 0 Å². The van der Waals surface area contributed by atoms with E-state index in [1.807, 2.05) is 0 Å². The summed E-state index contributed by atoms with van der Waals surface area (Å²) in [6.07, 6.45) is 2.01. The molecule has 0 nitrogen and oxygen atoms in total. The Morgan fingerprint density at radius 2 is 2.00 bits per heavy atom. The van der Waals surface area contributed by atoms with Crippen molar-refractivity contribution in [3.63, 3.8) is 0 Å². The number of rotatable bonds is 1. The zero-order valence-corrected chi connectivity index (χ0v) is 5.23. The van der Waals surface area contributed by atoms with Gasteiger partial charge in [-0.2, -0.15) is 0 Å².